The molecule has 0 unspecified atom stereocenters. The molecule has 2 rings (SSSR count). The van der Waals surface area contributed by atoms with E-state index in [9.17, 15) is 13.2 Å². The van der Waals surface area contributed by atoms with Gasteiger partial charge in [-0.2, -0.15) is 4.31 Å². The highest BCUT2D eigenvalue weighted by atomic mass is 35.5. The fraction of sp³-hybridized carbons (Fsp3) is 0.278. The number of hydrogen-bond donors (Lipinski definition) is 1. The van der Waals surface area contributed by atoms with Crippen LogP contribution in [0.3, 0.4) is 0 Å². The van der Waals surface area contributed by atoms with Crippen molar-refractivity contribution in [1.29, 1.82) is 0 Å². The van der Waals surface area contributed by atoms with Crippen LogP contribution in [0.15, 0.2) is 53.4 Å². The van der Waals surface area contributed by atoms with Crippen LogP contribution in [0.25, 0.3) is 0 Å². The highest BCUT2D eigenvalue weighted by Gasteiger charge is 2.25. The van der Waals surface area contributed by atoms with Crippen LogP contribution in [0.5, 0.6) is 0 Å². The van der Waals surface area contributed by atoms with Gasteiger partial charge in [0.1, 0.15) is 0 Å². The molecular weight excluding hydrogens is 395 g/mol. The monoisotopic (exact) mass is 414 g/mol. The predicted molar refractivity (Wildman–Crippen MR) is 104 cm³/mol. The third-order valence-electron chi connectivity index (χ3n) is 3.87. The van der Waals surface area contributed by atoms with Crippen molar-refractivity contribution in [2.24, 2.45) is 0 Å². The minimum Gasteiger partial charge on any atom is -0.348 e. The first-order chi connectivity index (χ1) is 12.2. The van der Waals surface area contributed by atoms with Crippen LogP contribution in [-0.4, -0.2) is 31.7 Å². The van der Waals surface area contributed by atoms with Gasteiger partial charge in [0.2, 0.25) is 15.9 Å². The van der Waals surface area contributed by atoms with E-state index in [4.69, 9.17) is 23.2 Å². The van der Waals surface area contributed by atoms with Gasteiger partial charge in [0.05, 0.1) is 17.5 Å². The highest BCUT2D eigenvalue weighted by Crippen LogP contribution is 2.19. The molecule has 1 amide bonds. The molecular formula is C18H20Cl2N2O3S. The van der Waals surface area contributed by atoms with E-state index in [0.717, 1.165) is 9.87 Å². The summed E-state index contributed by atoms with van der Waals surface area (Å²) in [5.74, 6) is -0.383. The SMILES string of the molecule is CCN(CC(=O)N[C@@H](C)c1ccc(Cl)cc1)S(=O)(=O)c1ccc(Cl)cc1. The molecule has 0 bridgehead atoms. The molecule has 8 heteroatoms. The first-order valence-corrected chi connectivity index (χ1v) is 10.2. The normalized spacial score (nSPS) is 12.8. The predicted octanol–water partition coefficient (Wildman–Crippen LogP) is 3.88. The number of carbonyl (C=O) groups is 1. The van der Waals surface area contributed by atoms with E-state index >= 15 is 0 Å². The number of rotatable bonds is 7. The Morgan fingerprint density at radius 3 is 2.04 bits per heavy atom. The molecule has 0 spiro atoms. The molecule has 1 N–H and O–H groups in total. The van der Waals surface area contributed by atoms with Crippen molar-refractivity contribution in [1.82, 2.24) is 9.62 Å². The molecule has 0 aliphatic carbocycles. The fourth-order valence-corrected chi connectivity index (χ4v) is 4.06. The number of sulfonamides is 1. The third-order valence-corrected chi connectivity index (χ3v) is 6.31. The second kappa shape index (κ2) is 8.86. The molecule has 26 heavy (non-hydrogen) atoms. The van der Waals surface area contributed by atoms with Gasteiger partial charge in [-0.15, -0.1) is 0 Å². The Kier molecular flexibility index (Phi) is 7.06. The van der Waals surface area contributed by atoms with Gasteiger partial charge >= 0.3 is 0 Å². The number of amides is 1. The zero-order valence-electron chi connectivity index (χ0n) is 14.4. The van der Waals surface area contributed by atoms with Crippen molar-refractivity contribution in [3.8, 4) is 0 Å². The Morgan fingerprint density at radius 2 is 1.54 bits per heavy atom. The minimum atomic E-state index is -3.77. The molecule has 0 radical (unpaired) electrons. The van der Waals surface area contributed by atoms with E-state index < -0.39 is 10.0 Å². The summed E-state index contributed by atoms with van der Waals surface area (Å²) in [5, 5.41) is 3.86. The summed E-state index contributed by atoms with van der Waals surface area (Å²) >= 11 is 11.7. The van der Waals surface area contributed by atoms with E-state index in [-0.39, 0.29) is 29.9 Å². The van der Waals surface area contributed by atoms with Gasteiger partial charge in [0, 0.05) is 16.6 Å². The minimum absolute atomic E-state index is 0.0994. The van der Waals surface area contributed by atoms with Crippen LogP contribution in [0.2, 0.25) is 10.0 Å². The summed E-state index contributed by atoms with van der Waals surface area (Å²) in [4.78, 5) is 12.4. The number of nitrogens with zero attached hydrogens (tertiary/aromatic N) is 1. The Hall–Kier alpha value is -1.60. The molecule has 2 aromatic rings. The molecule has 0 fully saturated rings. The molecule has 140 valence electrons. The number of carbonyl (C=O) groups excluding carboxylic acids is 1. The van der Waals surface area contributed by atoms with Crippen LogP contribution in [0.4, 0.5) is 0 Å². The molecule has 5 nitrogen and oxygen atoms in total. The maximum absolute atomic E-state index is 12.7. The lowest BCUT2D eigenvalue weighted by Crippen LogP contribution is -2.41. The number of nitrogens with one attached hydrogen (secondary N) is 1. The average Bonchev–Trinajstić information content (AvgIpc) is 2.60. The smallest absolute Gasteiger partial charge is 0.243 e. The number of halogens is 2. The van der Waals surface area contributed by atoms with Crippen molar-refractivity contribution >= 4 is 39.1 Å². The maximum atomic E-state index is 12.7. The lowest BCUT2D eigenvalue weighted by molar-refractivity contribution is -0.121. The summed E-state index contributed by atoms with van der Waals surface area (Å²) in [7, 11) is -3.77. The van der Waals surface area contributed by atoms with E-state index in [1.165, 1.54) is 24.3 Å². The average molecular weight is 415 g/mol. The van der Waals surface area contributed by atoms with Crippen LogP contribution < -0.4 is 5.32 Å². The van der Waals surface area contributed by atoms with Gasteiger partial charge in [0.15, 0.2) is 0 Å². The quantitative estimate of drug-likeness (QED) is 0.747. The first kappa shape index (κ1) is 20.7. The van der Waals surface area contributed by atoms with Crippen molar-refractivity contribution < 1.29 is 13.2 Å². The number of hydrogen-bond acceptors (Lipinski definition) is 3. The lowest BCUT2D eigenvalue weighted by atomic mass is 10.1. The number of likely N-dealkylation sites (N-methyl/N-ethyl adjacent to an activating group) is 1. The summed E-state index contributed by atoms with van der Waals surface area (Å²) in [6, 6.07) is 12.7. The van der Waals surface area contributed by atoms with Gasteiger partial charge in [-0.25, -0.2) is 8.42 Å². The zero-order chi connectivity index (χ0) is 19.3. The second-order valence-electron chi connectivity index (χ2n) is 5.73. The van der Waals surface area contributed by atoms with Gasteiger partial charge in [-0.3, -0.25) is 4.79 Å². The van der Waals surface area contributed by atoms with E-state index in [1.807, 2.05) is 19.1 Å². The standard InChI is InChI=1S/C18H20Cl2N2O3S/c1-3-22(26(24,25)17-10-8-16(20)9-11-17)12-18(23)21-13(2)14-4-6-15(19)7-5-14/h4-11,13H,3,12H2,1-2H3,(H,21,23)/t13-/m0/s1. The molecule has 0 aliphatic heterocycles. The third kappa shape index (κ3) is 5.20. The molecule has 0 aromatic heterocycles. The van der Waals surface area contributed by atoms with Gasteiger partial charge in [0.25, 0.3) is 0 Å². The van der Waals surface area contributed by atoms with Crippen LogP contribution in [-0.2, 0) is 14.8 Å². The van der Waals surface area contributed by atoms with Crippen molar-refractivity contribution in [2.45, 2.75) is 24.8 Å². The summed E-state index contributed by atoms with van der Waals surface area (Å²) in [5.41, 5.74) is 0.881. The lowest BCUT2D eigenvalue weighted by Gasteiger charge is -2.22. The van der Waals surface area contributed by atoms with Crippen molar-refractivity contribution in [2.75, 3.05) is 13.1 Å². The zero-order valence-corrected chi connectivity index (χ0v) is 16.8. The molecule has 0 heterocycles. The van der Waals surface area contributed by atoms with E-state index in [2.05, 4.69) is 5.32 Å². The largest absolute Gasteiger partial charge is 0.348 e. The fourth-order valence-electron chi connectivity index (χ4n) is 2.40. The topological polar surface area (TPSA) is 66.5 Å². The van der Waals surface area contributed by atoms with Gasteiger partial charge in [-0.1, -0.05) is 42.3 Å². The highest BCUT2D eigenvalue weighted by molar-refractivity contribution is 7.89. The van der Waals surface area contributed by atoms with Gasteiger partial charge < -0.3 is 5.32 Å². The van der Waals surface area contributed by atoms with Crippen LogP contribution in [0, 0.1) is 0 Å². The first-order valence-electron chi connectivity index (χ1n) is 8.04. The van der Waals surface area contributed by atoms with E-state index in [0.29, 0.717) is 10.0 Å². The Morgan fingerprint density at radius 1 is 1.04 bits per heavy atom. The van der Waals surface area contributed by atoms with Crippen molar-refractivity contribution in [3.63, 3.8) is 0 Å². The van der Waals surface area contributed by atoms with Crippen LogP contribution in [0.1, 0.15) is 25.5 Å². The summed E-state index contributed by atoms with van der Waals surface area (Å²) in [6.07, 6.45) is 0. The Labute approximate surface area is 164 Å². The number of benzene rings is 2. The Balaban J connectivity index is 2.07. The molecule has 2 aromatic carbocycles. The van der Waals surface area contributed by atoms with E-state index in [1.54, 1.807) is 19.1 Å². The molecule has 0 saturated carbocycles. The Bertz CT molecular complexity index is 853. The van der Waals surface area contributed by atoms with Gasteiger partial charge in [-0.05, 0) is 48.9 Å². The van der Waals surface area contributed by atoms with Crippen LogP contribution >= 0.6 is 23.2 Å². The molecule has 1 atom stereocenters. The van der Waals surface area contributed by atoms with Crippen molar-refractivity contribution in [3.05, 3.63) is 64.1 Å². The molecule has 0 saturated heterocycles. The summed E-state index contributed by atoms with van der Waals surface area (Å²) < 4.78 is 26.5. The maximum Gasteiger partial charge on any atom is 0.243 e. The second-order valence-corrected chi connectivity index (χ2v) is 8.54. The molecule has 0 aliphatic rings. The summed E-state index contributed by atoms with van der Waals surface area (Å²) in [6.45, 7) is 3.42.